The molecule has 0 aliphatic rings. The average Bonchev–Trinajstić information content (AvgIpc) is 2.71. The van der Waals surface area contributed by atoms with Crippen molar-refractivity contribution in [2.45, 2.75) is 6.61 Å². The molecule has 0 amide bonds. The normalized spacial score (nSPS) is 10.8. The highest BCUT2D eigenvalue weighted by Gasteiger charge is 2.06. The molecule has 144 valence electrons. The average molecular weight is 403 g/mol. The number of anilines is 1. The number of nitrogens with zero attached hydrogens (tertiary/aromatic N) is 2. The van der Waals surface area contributed by atoms with Crippen molar-refractivity contribution in [3.05, 3.63) is 81.0 Å². The minimum atomic E-state index is -0.508. The number of nitrogens with one attached hydrogen (secondary N) is 2. The number of aromatic amines is 1. The molecule has 0 saturated carbocycles. The van der Waals surface area contributed by atoms with E-state index >= 15 is 0 Å². The van der Waals surface area contributed by atoms with Crippen molar-refractivity contribution in [2.24, 2.45) is 5.10 Å². The largest absolute Gasteiger partial charge is 0.493 e. The van der Waals surface area contributed by atoms with Crippen molar-refractivity contribution in [1.29, 1.82) is 0 Å². The van der Waals surface area contributed by atoms with E-state index in [0.29, 0.717) is 11.5 Å². The fourth-order valence-electron chi connectivity index (χ4n) is 2.26. The van der Waals surface area contributed by atoms with E-state index in [1.54, 1.807) is 30.3 Å². The summed E-state index contributed by atoms with van der Waals surface area (Å²) < 4.78 is 24.0. The lowest BCUT2D eigenvalue weighted by atomic mass is 10.2. The van der Waals surface area contributed by atoms with Gasteiger partial charge in [0.05, 0.1) is 19.5 Å². The van der Waals surface area contributed by atoms with Crippen LogP contribution in [0.1, 0.15) is 11.1 Å². The zero-order chi connectivity index (χ0) is 19.9. The van der Waals surface area contributed by atoms with Crippen LogP contribution in [0.15, 0.2) is 58.6 Å². The van der Waals surface area contributed by atoms with Crippen LogP contribution in [0.2, 0.25) is 5.02 Å². The predicted molar refractivity (Wildman–Crippen MR) is 105 cm³/mol. The van der Waals surface area contributed by atoms with Crippen LogP contribution in [0.5, 0.6) is 11.5 Å². The molecule has 0 fully saturated rings. The number of benzene rings is 2. The lowest BCUT2D eigenvalue weighted by Gasteiger charge is -2.11. The number of hydrogen-bond acceptors (Lipinski definition) is 6. The maximum absolute atomic E-state index is 13.0. The lowest BCUT2D eigenvalue weighted by molar-refractivity contribution is 0.284. The number of methoxy groups -OCH3 is 1. The number of rotatable bonds is 7. The summed E-state index contributed by atoms with van der Waals surface area (Å²) in [6, 6.07) is 11.3. The molecule has 1 aromatic heterocycles. The van der Waals surface area contributed by atoms with Gasteiger partial charge in [-0.1, -0.05) is 23.7 Å². The number of halogens is 2. The van der Waals surface area contributed by atoms with Gasteiger partial charge in [-0.2, -0.15) is 10.2 Å². The Morgan fingerprint density at radius 2 is 2.04 bits per heavy atom. The highest BCUT2D eigenvalue weighted by molar-refractivity contribution is 6.32. The Balaban J connectivity index is 1.67. The second-order valence-corrected chi connectivity index (χ2v) is 6.00. The number of hydrazone groups is 1. The first-order valence-corrected chi connectivity index (χ1v) is 8.52. The molecule has 9 heteroatoms. The van der Waals surface area contributed by atoms with Crippen molar-refractivity contribution in [2.75, 3.05) is 12.5 Å². The van der Waals surface area contributed by atoms with Gasteiger partial charge in [-0.3, -0.25) is 10.2 Å². The van der Waals surface area contributed by atoms with E-state index in [0.717, 1.165) is 11.1 Å². The molecule has 0 bridgehead atoms. The number of ether oxygens (including phenoxy) is 2. The molecule has 0 saturated heterocycles. The Morgan fingerprint density at radius 3 is 2.79 bits per heavy atom. The minimum Gasteiger partial charge on any atom is -0.493 e. The van der Waals surface area contributed by atoms with E-state index in [-0.39, 0.29) is 23.1 Å². The van der Waals surface area contributed by atoms with Gasteiger partial charge in [0.25, 0.3) is 5.56 Å². The van der Waals surface area contributed by atoms with Crippen LogP contribution in [-0.2, 0) is 6.61 Å². The summed E-state index contributed by atoms with van der Waals surface area (Å²) in [5.41, 5.74) is 4.00. The highest BCUT2D eigenvalue weighted by atomic mass is 35.5. The maximum Gasteiger partial charge on any atom is 0.285 e. The number of aromatic nitrogens is 2. The van der Waals surface area contributed by atoms with Gasteiger partial charge < -0.3 is 9.47 Å². The second-order valence-electron chi connectivity index (χ2n) is 5.62. The monoisotopic (exact) mass is 402 g/mol. The molecule has 0 aliphatic carbocycles. The zero-order valence-electron chi connectivity index (χ0n) is 14.8. The molecule has 0 atom stereocenters. The van der Waals surface area contributed by atoms with E-state index in [9.17, 15) is 9.18 Å². The molecule has 0 spiro atoms. The summed E-state index contributed by atoms with van der Waals surface area (Å²) >= 11 is 5.86. The molecule has 1 heterocycles. The summed E-state index contributed by atoms with van der Waals surface area (Å²) in [6.07, 6.45) is 2.89. The van der Waals surface area contributed by atoms with Crippen LogP contribution in [0.25, 0.3) is 0 Å². The summed E-state index contributed by atoms with van der Waals surface area (Å²) in [5.74, 6) is 0.761. The van der Waals surface area contributed by atoms with Crippen LogP contribution in [-0.4, -0.2) is 23.5 Å². The van der Waals surface area contributed by atoms with E-state index in [4.69, 9.17) is 21.1 Å². The van der Waals surface area contributed by atoms with Crippen molar-refractivity contribution in [1.82, 2.24) is 10.2 Å². The summed E-state index contributed by atoms with van der Waals surface area (Å²) in [6.45, 7) is 0.277. The van der Waals surface area contributed by atoms with E-state index in [1.165, 1.54) is 31.7 Å². The summed E-state index contributed by atoms with van der Waals surface area (Å²) in [7, 11) is 1.53. The van der Waals surface area contributed by atoms with Crippen molar-refractivity contribution in [3.63, 3.8) is 0 Å². The SMILES string of the molecule is COc1cc(/C=N\Nc2cn[nH]c(=O)c2Cl)ccc1OCc1ccc(F)cc1. The third-order valence-corrected chi connectivity index (χ3v) is 4.06. The summed E-state index contributed by atoms with van der Waals surface area (Å²) in [5, 5.41) is 9.87. The molecule has 0 unspecified atom stereocenters. The molecule has 0 aliphatic heterocycles. The van der Waals surface area contributed by atoms with E-state index in [1.807, 2.05) is 0 Å². The highest BCUT2D eigenvalue weighted by Crippen LogP contribution is 2.28. The molecule has 0 radical (unpaired) electrons. The van der Waals surface area contributed by atoms with E-state index < -0.39 is 5.56 Å². The predicted octanol–water partition coefficient (Wildman–Crippen LogP) is 3.60. The quantitative estimate of drug-likeness (QED) is 0.465. The van der Waals surface area contributed by atoms with Gasteiger partial charge in [0.2, 0.25) is 0 Å². The fourth-order valence-corrected chi connectivity index (χ4v) is 2.40. The Bertz CT molecular complexity index is 1040. The fraction of sp³-hybridized carbons (Fsp3) is 0.105. The molecule has 28 heavy (non-hydrogen) atoms. The molecule has 2 N–H and O–H groups in total. The third kappa shape index (κ3) is 4.86. The first kappa shape index (κ1) is 19.4. The Morgan fingerprint density at radius 1 is 1.25 bits per heavy atom. The lowest BCUT2D eigenvalue weighted by Crippen LogP contribution is -2.10. The first-order valence-electron chi connectivity index (χ1n) is 8.14. The molecule has 2 aromatic carbocycles. The summed E-state index contributed by atoms with van der Waals surface area (Å²) in [4.78, 5) is 11.4. The van der Waals surface area contributed by atoms with Gasteiger partial charge >= 0.3 is 0 Å². The van der Waals surface area contributed by atoms with E-state index in [2.05, 4.69) is 20.7 Å². The van der Waals surface area contributed by atoms with Crippen molar-refractivity contribution < 1.29 is 13.9 Å². The number of H-pyrrole nitrogens is 1. The molecular weight excluding hydrogens is 387 g/mol. The molecule has 7 nitrogen and oxygen atoms in total. The topological polar surface area (TPSA) is 88.6 Å². The van der Waals surface area contributed by atoms with Gasteiger partial charge in [0.1, 0.15) is 23.1 Å². The maximum atomic E-state index is 13.0. The molecular formula is C19H16ClFN4O3. The third-order valence-electron chi connectivity index (χ3n) is 3.69. The van der Waals surface area contributed by atoms with Gasteiger partial charge in [-0.15, -0.1) is 0 Å². The van der Waals surface area contributed by atoms with Crippen molar-refractivity contribution >= 4 is 23.5 Å². The smallest absolute Gasteiger partial charge is 0.285 e. The van der Waals surface area contributed by atoms with Crippen molar-refractivity contribution in [3.8, 4) is 11.5 Å². The standard InChI is InChI=1S/C19H16ClFN4O3/c1-27-17-8-13(9-22-24-15-10-23-25-19(26)18(15)20)4-7-16(17)28-11-12-2-5-14(21)6-3-12/h2-10H,11H2,1H3,(H2,24,25,26)/b22-9-. The Kier molecular flexibility index (Phi) is 6.23. The van der Waals surface area contributed by atoms with Gasteiger partial charge in [0.15, 0.2) is 11.5 Å². The zero-order valence-corrected chi connectivity index (χ0v) is 15.5. The van der Waals surface area contributed by atoms with Crippen LogP contribution in [0.4, 0.5) is 10.1 Å². The first-order chi connectivity index (χ1) is 13.6. The van der Waals surface area contributed by atoms with Gasteiger partial charge in [-0.25, -0.2) is 9.49 Å². The second kappa shape index (κ2) is 9.01. The number of hydrogen-bond donors (Lipinski definition) is 2. The molecule has 3 aromatic rings. The van der Waals surface area contributed by atoms with Gasteiger partial charge in [0, 0.05) is 0 Å². The Labute approximate surface area is 164 Å². The van der Waals surface area contributed by atoms with Gasteiger partial charge in [-0.05, 0) is 41.5 Å². The van der Waals surface area contributed by atoms with Crippen LogP contribution >= 0.6 is 11.6 Å². The minimum absolute atomic E-state index is 0.0331. The molecule has 3 rings (SSSR count). The van der Waals surface area contributed by atoms with Crippen LogP contribution < -0.4 is 20.5 Å². The van der Waals surface area contributed by atoms with Crippen LogP contribution in [0.3, 0.4) is 0 Å². The Hall–Kier alpha value is -3.39. The van der Waals surface area contributed by atoms with Crippen LogP contribution in [0, 0.1) is 5.82 Å².